The summed E-state index contributed by atoms with van der Waals surface area (Å²) in [6.07, 6.45) is 2.07. The summed E-state index contributed by atoms with van der Waals surface area (Å²) >= 11 is 1.58. The van der Waals surface area contributed by atoms with Crippen LogP contribution in [0, 0.1) is 0 Å². The fourth-order valence-electron chi connectivity index (χ4n) is 4.65. The topological polar surface area (TPSA) is 96.0 Å². The second-order valence-corrected chi connectivity index (χ2v) is 12.2. The molecule has 0 unspecified atom stereocenters. The Hall–Kier alpha value is -3.67. The number of rotatable bonds is 9. The van der Waals surface area contributed by atoms with Gasteiger partial charge in [-0.2, -0.15) is 0 Å². The monoisotopic (exact) mass is 560 g/mol. The molecule has 6 rings (SSSR count). The van der Waals surface area contributed by atoms with Crippen LogP contribution in [0.25, 0.3) is 26.6 Å². The highest BCUT2D eigenvalue weighted by molar-refractivity contribution is 7.23. The molecule has 1 aliphatic rings. The largest absolute Gasteiger partial charge is 0.476 e. The smallest absolute Gasteiger partial charge is 0.214 e. The highest BCUT2D eigenvalue weighted by Crippen LogP contribution is 2.30. The molecule has 0 spiro atoms. The molecule has 1 saturated heterocycles. The van der Waals surface area contributed by atoms with Crippen molar-refractivity contribution >= 4 is 38.2 Å². The van der Waals surface area contributed by atoms with Gasteiger partial charge in [0.2, 0.25) is 5.88 Å². The van der Waals surface area contributed by atoms with Gasteiger partial charge in [0.1, 0.15) is 17.2 Å². The number of benzene rings is 1. The molecular formula is C29H36N8O2S. The van der Waals surface area contributed by atoms with Crippen LogP contribution in [0.5, 0.6) is 5.88 Å². The molecule has 10 nitrogen and oxygen atoms in total. The third kappa shape index (κ3) is 5.91. The van der Waals surface area contributed by atoms with Crippen LogP contribution in [0.15, 0.2) is 53.2 Å². The first-order valence-electron chi connectivity index (χ1n) is 13.7. The van der Waals surface area contributed by atoms with Crippen molar-refractivity contribution in [1.82, 2.24) is 29.3 Å². The number of anilines is 2. The van der Waals surface area contributed by atoms with Crippen molar-refractivity contribution in [3.05, 3.63) is 54.4 Å². The van der Waals surface area contributed by atoms with Crippen molar-refractivity contribution < 1.29 is 9.26 Å². The number of fused-ring (bicyclic) bond motifs is 3. The third-order valence-corrected chi connectivity index (χ3v) is 8.15. The molecule has 0 amide bonds. The van der Waals surface area contributed by atoms with Crippen LogP contribution < -0.4 is 15.4 Å². The molecule has 2 N–H and O–H groups in total. The summed E-state index contributed by atoms with van der Waals surface area (Å²) in [6, 6.07) is 14.2. The number of pyridine rings is 1. The number of ether oxygens (including phenoxy) is 1. The Morgan fingerprint density at radius 2 is 1.80 bits per heavy atom. The van der Waals surface area contributed by atoms with Gasteiger partial charge < -0.3 is 24.8 Å². The lowest BCUT2D eigenvalue weighted by atomic mass is 9.93. The lowest BCUT2D eigenvalue weighted by Crippen LogP contribution is -2.45. The average molecular weight is 561 g/mol. The number of nitrogens with one attached hydrogen (secondary N) is 2. The maximum absolute atomic E-state index is 5.98. The number of hydrogen-bond donors (Lipinski definition) is 2. The molecule has 1 fully saturated rings. The molecule has 40 heavy (non-hydrogen) atoms. The minimum atomic E-state index is -0.0670. The molecule has 0 radical (unpaired) electrons. The van der Waals surface area contributed by atoms with Crippen molar-refractivity contribution in [3.63, 3.8) is 0 Å². The van der Waals surface area contributed by atoms with Gasteiger partial charge in [-0.25, -0.2) is 9.97 Å². The van der Waals surface area contributed by atoms with E-state index in [4.69, 9.17) is 19.2 Å². The van der Waals surface area contributed by atoms with Gasteiger partial charge in [-0.3, -0.25) is 9.30 Å². The van der Waals surface area contributed by atoms with Gasteiger partial charge in [-0.1, -0.05) is 49.4 Å². The summed E-state index contributed by atoms with van der Waals surface area (Å²) in [5, 5.41) is 10.7. The Balaban J connectivity index is 1.05. The van der Waals surface area contributed by atoms with E-state index in [-0.39, 0.29) is 5.41 Å². The fraction of sp³-hybridized carbons (Fsp3) is 0.414. The van der Waals surface area contributed by atoms with E-state index < -0.39 is 0 Å². The lowest BCUT2D eigenvalue weighted by molar-refractivity contribution is 0.132. The predicted octanol–water partition coefficient (Wildman–Crippen LogP) is 5.00. The summed E-state index contributed by atoms with van der Waals surface area (Å²) in [5.74, 6) is 2.24. The number of likely N-dealkylation sites (N-methyl/N-ethyl adjacent to an activating group) is 1. The van der Waals surface area contributed by atoms with E-state index in [1.54, 1.807) is 11.3 Å². The number of imidazole rings is 1. The third-order valence-electron chi connectivity index (χ3n) is 7.18. The van der Waals surface area contributed by atoms with Crippen molar-refractivity contribution in [1.29, 1.82) is 0 Å². The lowest BCUT2D eigenvalue weighted by Gasteiger charge is -2.32. The highest BCUT2D eigenvalue weighted by atomic mass is 32.1. The first-order chi connectivity index (χ1) is 19.3. The Morgan fingerprint density at radius 1 is 1.00 bits per heavy atom. The van der Waals surface area contributed by atoms with E-state index in [0.29, 0.717) is 19.2 Å². The first-order valence-corrected chi connectivity index (χ1v) is 14.5. The normalized spacial score (nSPS) is 15.2. The summed E-state index contributed by atoms with van der Waals surface area (Å²) < 4.78 is 13.5. The van der Waals surface area contributed by atoms with Gasteiger partial charge in [0, 0.05) is 67.7 Å². The van der Waals surface area contributed by atoms with E-state index in [1.165, 1.54) is 0 Å². The number of aromatic nitrogens is 4. The van der Waals surface area contributed by atoms with Gasteiger partial charge in [-0.05, 0) is 25.2 Å². The van der Waals surface area contributed by atoms with Gasteiger partial charge in [0.25, 0.3) is 0 Å². The maximum atomic E-state index is 5.98. The zero-order chi connectivity index (χ0) is 27.7. The van der Waals surface area contributed by atoms with Gasteiger partial charge >= 0.3 is 0 Å². The van der Waals surface area contributed by atoms with E-state index >= 15 is 0 Å². The van der Waals surface area contributed by atoms with Crippen molar-refractivity contribution in [3.8, 4) is 17.1 Å². The second-order valence-electron chi connectivity index (χ2n) is 11.3. The minimum Gasteiger partial charge on any atom is -0.476 e. The molecule has 210 valence electrons. The van der Waals surface area contributed by atoms with Crippen LogP contribution in [-0.2, 0) is 5.41 Å². The van der Waals surface area contributed by atoms with E-state index in [0.717, 1.165) is 76.6 Å². The van der Waals surface area contributed by atoms with E-state index in [9.17, 15) is 0 Å². The molecule has 1 aliphatic heterocycles. The number of thiazole rings is 1. The van der Waals surface area contributed by atoms with Gasteiger partial charge in [-0.15, -0.1) is 0 Å². The Bertz CT molecular complexity index is 1580. The molecule has 11 heteroatoms. The highest BCUT2D eigenvalue weighted by Gasteiger charge is 2.19. The SMILES string of the molecule is CN1CCN(CCOc2ccc3c(n2)sc2nc(-c4ccc(NCNc5cc(C(C)(C)C)on5)cc4)cn23)CC1. The summed E-state index contributed by atoms with van der Waals surface area (Å²) in [7, 11) is 2.17. The molecule has 0 saturated carbocycles. The second kappa shape index (κ2) is 11.1. The van der Waals surface area contributed by atoms with Crippen LogP contribution in [0.1, 0.15) is 26.5 Å². The van der Waals surface area contributed by atoms with E-state index in [2.05, 4.69) is 94.3 Å². The fourth-order valence-corrected chi connectivity index (χ4v) is 5.62. The molecular weight excluding hydrogens is 524 g/mol. The predicted molar refractivity (Wildman–Crippen MR) is 161 cm³/mol. The van der Waals surface area contributed by atoms with Crippen LogP contribution in [-0.4, -0.2) is 82.4 Å². The Kier molecular flexibility index (Phi) is 7.35. The van der Waals surface area contributed by atoms with Crippen LogP contribution in [0.2, 0.25) is 0 Å². The minimum absolute atomic E-state index is 0.0670. The average Bonchev–Trinajstić information content (AvgIpc) is 3.65. The molecule has 1 aromatic carbocycles. The Morgan fingerprint density at radius 3 is 2.55 bits per heavy atom. The van der Waals surface area contributed by atoms with Crippen LogP contribution in [0.4, 0.5) is 11.5 Å². The van der Waals surface area contributed by atoms with Crippen molar-refractivity contribution in [2.75, 3.05) is 63.7 Å². The zero-order valence-corrected chi connectivity index (χ0v) is 24.3. The molecule has 0 bridgehead atoms. The number of hydrogen-bond acceptors (Lipinski definition) is 10. The maximum Gasteiger partial charge on any atom is 0.214 e. The number of piperazine rings is 1. The van der Waals surface area contributed by atoms with Crippen LogP contribution in [0.3, 0.4) is 0 Å². The van der Waals surface area contributed by atoms with Crippen molar-refractivity contribution in [2.45, 2.75) is 26.2 Å². The number of nitrogens with zero attached hydrogens (tertiary/aromatic N) is 6. The first kappa shape index (κ1) is 26.5. The molecule has 0 atom stereocenters. The van der Waals surface area contributed by atoms with Gasteiger partial charge in [0.05, 0.1) is 17.9 Å². The summed E-state index contributed by atoms with van der Waals surface area (Å²) in [4.78, 5) is 16.3. The molecule has 0 aliphatic carbocycles. The quantitative estimate of drug-likeness (QED) is 0.241. The standard InChI is InChI=1S/C29H36N8O2S/c1-29(2,3)24-17-25(34-39-24)31-19-30-21-7-5-20(6-8-21)22-18-37-23-9-10-26(33-27(23)40-28(37)32-22)38-16-15-36-13-11-35(4)12-14-36/h5-10,17-18,30H,11-16,19H2,1-4H3,(H,31,34). The molecule has 4 aromatic heterocycles. The van der Waals surface area contributed by atoms with Crippen molar-refractivity contribution in [2.24, 2.45) is 0 Å². The Labute approximate surface area is 237 Å². The summed E-state index contributed by atoms with van der Waals surface area (Å²) in [6.45, 7) is 12.8. The molecule has 5 aromatic rings. The van der Waals surface area contributed by atoms with Crippen LogP contribution >= 0.6 is 11.3 Å². The molecule has 5 heterocycles. The van der Waals surface area contributed by atoms with Gasteiger partial charge in [0.15, 0.2) is 10.8 Å². The zero-order valence-electron chi connectivity index (χ0n) is 23.5. The summed E-state index contributed by atoms with van der Waals surface area (Å²) in [5.41, 5.74) is 3.97. The van der Waals surface area contributed by atoms with E-state index in [1.807, 2.05) is 12.1 Å².